The largest absolute Gasteiger partial charge is 0.355 e. The molecule has 3 fully saturated rings. The summed E-state index contributed by atoms with van der Waals surface area (Å²) in [6.45, 7) is 5.09. The van der Waals surface area contributed by atoms with Crippen LogP contribution in [-0.4, -0.2) is 63.9 Å². The van der Waals surface area contributed by atoms with Gasteiger partial charge in [-0.15, -0.1) is 16.9 Å². The first-order valence-corrected chi connectivity index (χ1v) is 11.9. The maximum absolute atomic E-state index is 12.6. The minimum absolute atomic E-state index is 0.0379. The lowest BCUT2D eigenvalue weighted by atomic mass is 9.75. The van der Waals surface area contributed by atoms with E-state index < -0.39 is 0 Å². The monoisotopic (exact) mass is 442 g/mol. The maximum atomic E-state index is 12.6. The van der Waals surface area contributed by atoms with Gasteiger partial charge in [0.2, 0.25) is 11.8 Å². The van der Waals surface area contributed by atoms with Crippen molar-refractivity contribution in [3.63, 3.8) is 0 Å². The Morgan fingerprint density at radius 2 is 2.00 bits per heavy atom. The van der Waals surface area contributed by atoms with Crippen LogP contribution in [0.2, 0.25) is 0 Å². The molecule has 9 heteroatoms. The lowest BCUT2D eigenvalue weighted by Gasteiger charge is -2.49. The van der Waals surface area contributed by atoms with Crippen LogP contribution in [-0.2, 0) is 21.9 Å². The Morgan fingerprint density at radius 1 is 1.19 bits per heavy atom. The van der Waals surface area contributed by atoms with Crippen molar-refractivity contribution in [1.82, 2.24) is 30.5 Å². The first kappa shape index (κ1) is 21.8. The van der Waals surface area contributed by atoms with Gasteiger partial charge in [-0.3, -0.25) is 19.2 Å². The summed E-state index contributed by atoms with van der Waals surface area (Å²) >= 11 is 1.76. The van der Waals surface area contributed by atoms with Gasteiger partial charge in [0.1, 0.15) is 0 Å². The molecule has 8 nitrogen and oxygen atoms in total. The molecule has 3 saturated heterocycles. The second-order valence-corrected chi connectivity index (χ2v) is 9.40. The highest BCUT2D eigenvalue weighted by Crippen LogP contribution is 2.37. The highest BCUT2D eigenvalue weighted by molar-refractivity contribution is 7.98. The summed E-state index contributed by atoms with van der Waals surface area (Å²) in [6.07, 6.45) is 4.12. The van der Waals surface area contributed by atoms with E-state index in [0.717, 1.165) is 43.9 Å². The smallest absolute Gasteiger partial charge is 0.224 e. The Balaban J connectivity index is 1.25. The van der Waals surface area contributed by atoms with Crippen LogP contribution in [0.1, 0.15) is 25.5 Å². The lowest BCUT2D eigenvalue weighted by Crippen LogP contribution is -2.58. The van der Waals surface area contributed by atoms with E-state index >= 15 is 0 Å². The highest BCUT2D eigenvalue weighted by Gasteiger charge is 2.43. The maximum Gasteiger partial charge on any atom is 0.224 e. The van der Waals surface area contributed by atoms with E-state index in [0.29, 0.717) is 25.0 Å². The Kier molecular flexibility index (Phi) is 7.24. The van der Waals surface area contributed by atoms with Gasteiger partial charge in [0.15, 0.2) is 0 Å². The van der Waals surface area contributed by atoms with Crippen molar-refractivity contribution in [3.05, 3.63) is 42.2 Å². The van der Waals surface area contributed by atoms with Crippen LogP contribution < -0.4 is 10.6 Å². The lowest BCUT2D eigenvalue weighted by molar-refractivity contribution is -0.133. The summed E-state index contributed by atoms with van der Waals surface area (Å²) in [7, 11) is 0. The molecule has 4 heterocycles. The average molecular weight is 443 g/mol. The molecule has 0 aliphatic carbocycles. The minimum Gasteiger partial charge on any atom is -0.355 e. The van der Waals surface area contributed by atoms with Crippen molar-refractivity contribution in [2.75, 3.05) is 26.2 Å². The molecule has 0 spiro atoms. The van der Waals surface area contributed by atoms with E-state index in [1.165, 1.54) is 11.8 Å². The van der Waals surface area contributed by atoms with Crippen LogP contribution >= 0.6 is 11.8 Å². The number of rotatable bonds is 9. The molecule has 3 aliphatic heterocycles. The van der Waals surface area contributed by atoms with E-state index in [9.17, 15) is 9.59 Å². The fourth-order valence-electron chi connectivity index (χ4n) is 4.56. The second-order valence-electron chi connectivity index (χ2n) is 8.35. The van der Waals surface area contributed by atoms with E-state index in [2.05, 4.69) is 38.0 Å². The minimum atomic E-state index is -0.0742. The van der Waals surface area contributed by atoms with Crippen LogP contribution in [0.25, 0.3) is 0 Å². The van der Waals surface area contributed by atoms with Crippen LogP contribution in [0.3, 0.4) is 0 Å². The van der Waals surface area contributed by atoms with Crippen molar-refractivity contribution < 1.29 is 9.59 Å². The second kappa shape index (κ2) is 10.3. The number of carbonyl (C=O) groups is 2. The molecular weight excluding hydrogens is 412 g/mol. The van der Waals surface area contributed by atoms with Crippen LogP contribution in [0.4, 0.5) is 0 Å². The van der Waals surface area contributed by atoms with E-state index in [1.807, 2.05) is 29.1 Å². The van der Waals surface area contributed by atoms with Crippen LogP contribution in [0, 0.1) is 11.8 Å². The third-order valence-corrected chi connectivity index (χ3v) is 7.17. The zero-order chi connectivity index (χ0) is 21.6. The van der Waals surface area contributed by atoms with Crippen LogP contribution in [0.15, 0.2) is 41.4 Å². The predicted molar refractivity (Wildman–Crippen MR) is 119 cm³/mol. The molecule has 2 bridgehead atoms. The Hall–Kier alpha value is -2.39. The normalized spacial score (nSPS) is 24.7. The number of piperidine rings is 3. The molecule has 1 aromatic carbocycles. The van der Waals surface area contributed by atoms with Crippen molar-refractivity contribution in [1.29, 1.82) is 0 Å². The van der Waals surface area contributed by atoms with Gasteiger partial charge >= 0.3 is 0 Å². The fraction of sp³-hybridized carbons (Fsp3) is 0.545. The molecule has 2 amide bonds. The summed E-state index contributed by atoms with van der Waals surface area (Å²) in [6, 6.07) is 10.7. The number of nitrogens with zero attached hydrogens (tertiary/aromatic N) is 4. The number of amides is 2. The first-order valence-electron chi connectivity index (χ1n) is 10.9. The number of nitrogens with one attached hydrogen (secondary N) is 2. The van der Waals surface area contributed by atoms with Crippen molar-refractivity contribution in [2.24, 2.45) is 11.8 Å². The average Bonchev–Trinajstić information content (AvgIpc) is 3.23. The first-order chi connectivity index (χ1) is 15.1. The highest BCUT2D eigenvalue weighted by atomic mass is 32.2. The summed E-state index contributed by atoms with van der Waals surface area (Å²) in [5.74, 6) is 1.29. The summed E-state index contributed by atoms with van der Waals surface area (Å²) in [5.41, 5.74) is 0.987. The van der Waals surface area contributed by atoms with Crippen molar-refractivity contribution >= 4 is 23.6 Å². The zero-order valence-electron chi connectivity index (χ0n) is 17.9. The zero-order valence-corrected chi connectivity index (χ0v) is 18.7. The van der Waals surface area contributed by atoms with Gasteiger partial charge in [0, 0.05) is 49.4 Å². The van der Waals surface area contributed by atoms with Gasteiger partial charge in [-0.1, -0.05) is 23.4 Å². The van der Waals surface area contributed by atoms with Crippen LogP contribution in [0.5, 0.6) is 0 Å². The molecule has 5 rings (SSSR count). The SMILES string of the molecule is CC(=O)NCCNC(=O)[C@H]1CN2CC[C@@H]1C[C@@H]2Cn1cc(CSc2ccccc2)nn1. The molecule has 2 aromatic rings. The van der Waals surface area contributed by atoms with Gasteiger partial charge in [-0.2, -0.15) is 0 Å². The molecular formula is C22H30N6O2S. The predicted octanol–water partition coefficient (Wildman–Crippen LogP) is 1.53. The number of thioether (sulfide) groups is 1. The number of hydrogen-bond acceptors (Lipinski definition) is 6. The van der Waals surface area contributed by atoms with Gasteiger partial charge in [0.05, 0.1) is 18.2 Å². The quantitative estimate of drug-likeness (QED) is 0.452. The topological polar surface area (TPSA) is 92.2 Å². The Bertz CT molecular complexity index is 889. The van der Waals surface area contributed by atoms with E-state index in [1.54, 1.807) is 11.8 Å². The molecule has 0 saturated carbocycles. The fourth-order valence-corrected chi connectivity index (χ4v) is 5.36. The van der Waals surface area contributed by atoms with Crippen molar-refractivity contribution in [3.8, 4) is 0 Å². The number of carbonyl (C=O) groups excluding carboxylic acids is 2. The molecule has 166 valence electrons. The molecule has 4 atom stereocenters. The Labute approximate surface area is 187 Å². The number of hydrogen-bond donors (Lipinski definition) is 2. The van der Waals surface area contributed by atoms with Gasteiger partial charge < -0.3 is 10.6 Å². The van der Waals surface area contributed by atoms with Crippen molar-refractivity contribution in [2.45, 2.75) is 43.0 Å². The van der Waals surface area contributed by atoms with E-state index in [-0.39, 0.29) is 17.7 Å². The molecule has 1 aromatic heterocycles. The molecule has 1 unspecified atom stereocenters. The third kappa shape index (κ3) is 5.86. The third-order valence-electron chi connectivity index (χ3n) is 6.13. The number of fused-ring (bicyclic) bond motifs is 3. The molecule has 3 aliphatic rings. The van der Waals surface area contributed by atoms with Gasteiger partial charge in [-0.25, -0.2) is 0 Å². The molecule has 2 N–H and O–H groups in total. The van der Waals surface area contributed by atoms with Gasteiger partial charge in [-0.05, 0) is 37.4 Å². The molecule has 31 heavy (non-hydrogen) atoms. The summed E-state index contributed by atoms with van der Waals surface area (Å²) in [5, 5.41) is 14.4. The Morgan fingerprint density at radius 3 is 2.74 bits per heavy atom. The summed E-state index contributed by atoms with van der Waals surface area (Å²) in [4.78, 5) is 27.2. The number of benzene rings is 1. The van der Waals surface area contributed by atoms with Gasteiger partial charge in [0.25, 0.3) is 0 Å². The summed E-state index contributed by atoms with van der Waals surface area (Å²) < 4.78 is 1.95. The number of aromatic nitrogens is 3. The van der Waals surface area contributed by atoms with E-state index in [4.69, 9.17) is 0 Å². The molecule has 0 radical (unpaired) electrons. The standard InChI is InChI=1S/C22H30N6O2S/c1-16(29)23-8-9-24-22(30)21-14-27-10-7-17(21)11-19(27)13-28-12-18(25-26-28)15-31-20-5-3-2-4-6-20/h2-6,12,17,19,21H,7-11,13-15H2,1H3,(H,23,29)(H,24,30)/t17-,19-,21+/m1/s1.